The number of fused-ring (bicyclic) bond motifs is 2. The van der Waals surface area contributed by atoms with Crippen molar-refractivity contribution < 1.29 is 28.5 Å². The van der Waals surface area contributed by atoms with Crippen LogP contribution in [-0.4, -0.2) is 24.9 Å². The van der Waals surface area contributed by atoms with E-state index in [-0.39, 0.29) is 42.6 Å². The van der Waals surface area contributed by atoms with Crippen LogP contribution in [0.5, 0.6) is 23.0 Å². The first-order valence-corrected chi connectivity index (χ1v) is 12.0. The molecule has 0 radical (unpaired) electrons. The number of hydrogen-bond donors (Lipinski definition) is 2. The summed E-state index contributed by atoms with van der Waals surface area (Å²) in [6.07, 6.45) is -0.180. The molecule has 0 aliphatic carbocycles. The molecular weight excluding hydrogens is 521 g/mol. The molecule has 190 valence electrons. The van der Waals surface area contributed by atoms with Crippen molar-refractivity contribution in [2.75, 3.05) is 13.9 Å². The summed E-state index contributed by atoms with van der Waals surface area (Å²) in [7, 11) is 1.47. The first-order valence-electron chi connectivity index (χ1n) is 11.3. The zero-order valence-electron chi connectivity index (χ0n) is 19.5. The minimum absolute atomic E-state index is 0.00726. The maximum absolute atomic E-state index is 13.1. The molecule has 10 heteroatoms. The molecule has 1 aliphatic heterocycles. The number of carbonyl (C=O) groups excluding carboxylic acids is 1. The lowest BCUT2D eigenvalue weighted by atomic mass is 9.87. The predicted octanol–water partition coefficient (Wildman–Crippen LogP) is 5.38. The smallest absolute Gasteiger partial charge is 0.343 e. The van der Waals surface area contributed by atoms with Gasteiger partial charge in [-0.25, -0.2) is 4.79 Å². The largest absolute Gasteiger partial charge is 0.507 e. The zero-order valence-corrected chi connectivity index (χ0v) is 21.1. The van der Waals surface area contributed by atoms with Gasteiger partial charge in [0.05, 0.1) is 28.1 Å². The van der Waals surface area contributed by atoms with Crippen molar-refractivity contribution in [1.29, 1.82) is 0 Å². The lowest BCUT2D eigenvalue weighted by molar-refractivity contribution is -0.121. The number of aromatic hydroxyl groups is 1. The molecule has 1 aromatic heterocycles. The Bertz CT molecular complexity index is 1570. The summed E-state index contributed by atoms with van der Waals surface area (Å²) in [6, 6.07) is 15.0. The van der Waals surface area contributed by atoms with Crippen molar-refractivity contribution >= 4 is 40.1 Å². The molecule has 0 saturated heterocycles. The Balaban J connectivity index is 1.54. The number of amides is 1. The maximum atomic E-state index is 13.1. The van der Waals surface area contributed by atoms with Gasteiger partial charge in [0, 0.05) is 18.9 Å². The third kappa shape index (κ3) is 4.90. The Morgan fingerprint density at radius 1 is 1.11 bits per heavy atom. The van der Waals surface area contributed by atoms with Crippen molar-refractivity contribution in [3.8, 4) is 23.0 Å². The van der Waals surface area contributed by atoms with Crippen LogP contribution in [0.4, 0.5) is 0 Å². The van der Waals surface area contributed by atoms with Gasteiger partial charge in [-0.05, 0) is 47.5 Å². The zero-order chi connectivity index (χ0) is 26.1. The molecule has 1 amide bonds. The Morgan fingerprint density at radius 2 is 1.92 bits per heavy atom. The van der Waals surface area contributed by atoms with E-state index < -0.39 is 11.5 Å². The molecule has 37 heavy (non-hydrogen) atoms. The average Bonchev–Trinajstić information content (AvgIpc) is 3.37. The molecule has 1 unspecified atom stereocenters. The van der Waals surface area contributed by atoms with Crippen molar-refractivity contribution in [2.45, 2.75) is 18.9 Å². The highest BCUT2D eigenvalue weighted by atomic mass is 35.5. The van der Waals surface area contributed by atoms with Gasteiger partial charge in [0.2, 0.25) is 18.4 Å². The van der Waals surface area contributed by atoms with E-state index in [1.807, 2.05) is 0 Å². The molecule has 0 saturated carbocycles. The van der Waals surface area contributed by atoms with Gasteiger partial charge in [-0.2, -0.15) is 0 Å². The van der Waals surface area contributed by atoms with Crippen molar-refractivity contribution in [1.82, 2.24) is 5.32 Å². The van der Waals surface area contributed by atoms with E-state index in [1.165, 1.54) is 7.11 Å². The van der Waals surface area contributed by atoms with Crippen LogP contribution in [0.15, 0.2) is 63.8 Å². The van der Waals surface area contributed by atoms with Gasteiger partial charge in [-0.1, -0.05) is 41.4 Å². The first kappa shape index (κ1) is 24.8. The highest BCUT2D eigenvalue weighted by molar-refractivity contribution is 6.42. The second-order valence-electron chi connectivity index (χ2n) is 8.39. The van der Waals surface area contributed by atoms with E-state index in [1.54, 1.807) is 54.6 Å². The van der Waals surface area contributed by atoms with E-state index in [4.69, 9.17) is 41.8 Å². The SMILES string of the molecule is COc1cc(C(CC(=O)NCc2ccc(Cl)c(Cl)c2)c2c(O)c3ccccc3oc2=O)cc2c1OCO2. The number of methoxy groups -OCH3 is 1. The second-order valence-corrected chi connectivity index (χ2v) is 9.20. The Labute approximate surface area is 221 Å². The van der Waals surface area contributed by atoms with Crippen LogP contribution in [-0.2, 0) is 11.3 Å². The van der Waals surface area contributed by atoms with E-state index in [0.29, 0.717) is 38.2 Å². The predicted molar refractivity (Wildman–Crippen MR) is 138 cm³/mol. The van der Waals surface area contributed by atoms with Crippen LogP contribution < -0.4 is 25.2 Å². The molecule has 2 heterocycles. The Hall–Kier alpha value is -3.88. The summed E-state index contributed by atoms with van der Waals surface area (Å²) < 4.78 is 22.0. The fourth-order valence-corrected chi connectivity index (χ4v) is 4.62. The topological polar surface area (TPSA) is 107 Å². The van der Waals surface area contributed by atoms with Crippen LogP contribution in [0.25, 0.3) is 11.0 Å². The summed E-state index contributed by atoms with van der Waals surface area (Å²) in [5.41, 5.74) is 0.681. The number of halogens is 2. The van der Waals surface area contributed by atoms with Crippen molar-refractivity contribution in [3.05, 3.63) is 91.8 Å². The molecule has 0 bridgehead atoms. The van der Waals surface area contributed by atoms with E-state index in [0.717, 1.165) is 5.56 Å². The minimum Gasteiger partial charge on any atom is -0.507 e. The minimum atomic E-state index is -0.891. The molecule has 3 aromatic carbocycles. The van der Waals surface area contributed by atoms with Crippen LogP contribution in [0.1, 0.15) is 29.0 Å². The second kappa shape index (κ2) is 10.2. The van der Waals surface area contributed by atoms with Gasteiger partial charge in [-0.3, -0.25) is 4.79 Å². The molecule has 1 atom stereocenters. The fraction of sp³-hybridized carbons (Fsp3) is 0.185. The number of carbonyl (C=O) groups is 1. The number of rotatable bonds is 7. The molecule has 2 N–H and O–H groups in total. The Kier molecular flexibility index (Phi) is 6.86. The fourth-order valence-electron chi connectivity index (χ4n) is 4.30. The summed E-state index contributed by atoms with van der Waals surface area (Å²) in [5, 5.41) is 15.1. The lowest BCUT2D eigenvalue weighted by Crippen LogP contribution is -2.26. The van der Waals surface area contributed by atoms with Crippen LogP contribution in [0.2, 0.25) is 10.0 Å². The number of hydrogen-bond acceptors (Lipinski definition) is 7. The van der Waals surface area contributed by atoms with Crippen molar-refractivity contribution in [2.24, 2.45) is 0 Å². The summed E-state index contributed by atoms with van der Waals surface area (Å²) in [5.74, 6) is -0.330. The highest BCUT2D eigenvalue weighted by Gasteiger charge is 2.30. The summed E-state index contributed by atoms with van der Waals surface area (Å²) in [6.45, 7) is 0.193. The van der Waals surface area contributed by atoms with Gasteiger partial charge < -0.3 is 29.1 Å². The van der Waals surface area contributed by atoms with Crippen LogP contribution in [0, 0.1) is 0 Å². The number of nitrogens with one attached hydrogen (secondary N) is 1. The van der Waals surface area contributed by atoms with Crippen molar-refractivity contribution in [3.63, 3.8) is 0 Å². The average molecular weight is 542 g/mol. The van der Waals surface area contributed by atoms with Crippen LogP contribution >= 0.6 is 23.2 Å². The Morgan fingerprint density at radius 3 is 2.70 bits per heavy atom. The van der Waals surface area contributed by atoms with Gasteiger partial charge >= 0.3 is 5.63 Å². The van der Waals surface area contributed by atoms with Gasteiger partial charge in [0.1, 0.15) is 11.3 Å². The molecule has 1 aliphatic rings. The molecule has 0 spiro atoms. The molecule has 5 rings (SSSR count). The molecular formula is C27H21Cl2NO7. The van der Waals surface area contributed by atoms with Gasteiger partial charge in [-0.15, -0.1) is 0 Å². The third-order valence-corrected chi connectivity index (χ3v) is 6.85. The molecule has 8 nitrogen and oxygen atoms in total. The third-order valence-electron chi connectivity index (χ3n) is 6.11. The van der Waals surface area contributed by atoms with Crippen LogP contribution in [0.3, 0.4) is 0 Å². The van der Waals surface area contributed by atoms with Gasteiger partial charge in [0.15, 0.2) is 11.5 Å². The van der Waals surface area contributed by atoms with E-state index >= 15 is 0 Å². The normalized spacial score (nSPS) is 12.9. The first-order chi connectivity index (χ1) is 17.9. The molecule has 0 fully saturated rings. The number of para-hydroxylation sites is 1. The standard InChI is InChI=1S/C27H21Cl2NO7/c1-34-21-9-15(10-22-26(21)36-13-35-22)17(11-23(31)30-12-14-6-7-18(28)19(29)8-14)24-25(32)16-4-2-3-5-20(16)37-27(24)33/h2-10,17,32H,11-13H2,1H3,(H,30,31). The highest BCUT2D eigenvalue weighted by Crippen LogP contribution is 2.46. The summed E-state index contributed by atoms with van der Waals surface area (Å²) >= 11 is 12.1. The monoisotopic (exact) mass is 541 g/mol. The maximum Gasteiger partial charge on any atom is 0.343 e. The number of ether oxygens (including phenoxy) is 3. The number of benzene rings is 3. The van der Waals surface area contributed by atoms with E-state index in [9.17, 15) is 14.7 Å². The quantitative estimate of drug-likeness (QED) is 0.302. The van der Waals surface area contributed by atoms with E-state index in [2.05, 4.69) is 5.32 Å². The molecule has 4 aromatic rings. The lowest BCUT2D eigenvalue weighted by Gasteiger charge is -2.20. The summed E-state index contributed by atoms with van der Waals surface area (Å²) in [4.78, 5) is 26.2. The van der Waals surface area contributed by atoms with Gasteiger partial charge in [0.25, 0.3) is 0 Å².